The van der Waals surface area contributed by atoms with Crippen molar-refractivity contribution in [1.29, 1.82) is 0 Å². The minimum atomic E-state index is -0.897. The zero-order chi connectivity index (χ0) is 13.3. The van der Waals surface area contributed by atoms with Gasteiger partial charge in [0.05, 0.1) is 5.88 Å². The number of amides is 2. The molecule has 6 heteroatoms. The second-order valence-corrected chi connectivity index (χ2v) is 6.30. The van der Waals surface area contributed by atoms with Crippen LogP contribution in [0.5, 0.6) is 0 Å². The molecule has 2 fully saturated rings. The fourth-order valence-corrected chi connectivity index (χ4v) is 3.59. The van der Waals surface area contributed by atoms with Crippen molar-refractivity contribution in [2.75, 3.05) is 24.7 Å². The number of aliphatic carboxylic acids is 1. The van der Waals surface area contributed by atoms with Gasteiger partial charge in [0.25, 0.3) is 0 Å². The summed E-state index contributed by atoms with van der Waals surface area (Å²) in [6.07, 6.45) is 1.01. The number of carbonyl (C=O) groups is 2. The minimum absolute atomic E-state index is 0.105. The third kappa shape index (κ3) is 2.58. The van der Waals surface area contributed by atoms with E-state index in [-0.39, 0.29) is 6.03 Å². The van der Waals surface area contributed by atoms with Crippen LogP contribution in [0.25, 0.3) is 0 Å². The molecule has 2 aliphatic rings. The average Bonchev–Trinajstić information content (AvgIpc) is 2.81. The highest BCUT2D eigenvalue weighted by atomic mass is 32.2. The van der Waals surface area contributed by atoms with E-state index < -0.39 is 12.0 Å². The van der Waals surface area contributed by atoms with Crippen LogP contribution in [-0.4, -0.2) is 57.7 Å². The first-order chi connectivity index (χ1) is 8.50. The van der Waals surface area contributed by atoms with Crippen LogP contribution < -0.4 is 0 Å². The molecule has 0 bridgehead atoms. The van der Waals surface area contributed by atoms with Crippen LogP contribution in [0, 0.1) is 11.8 Å². The van der Waals surface area contributed by atoms with Crippen LogP contribution in [0.1, 0.15) is 20.3 Å². The van der Waals surface area contributed by atoms with Crippen molar-refractivity contribution in [1.82, 2.24) is 9.80 Å². The summed E-state index contributed by atoms with van der Waals surface area (Å²) < 4.78 is 0. The zero-order valence-corrected chi connectivity index (χ0v) is 11.7. The lowest BCUT2D eigenvalue weighted by molar-refractivity contribution is -0.141. The van der Waals surface area contributed by atoms with E-state index in [1.807, 2.05) is 4.90 Å². The van der Waals surface area contributed by atoms with Crippen LogP contribution in [0.15, 0.2) is 0 Å². The first-order valence-electron chi connectivity index (χ1n) is 6.36. The lowest BCUT2D eigenvalue weighted by Gasteiger charge is -2.37. The number of hydrogen-bond acceptors (Lipinski definition) is 3. The van der Waals surface area contributed by atoms with Gasteiger partial charge in [0.15, 0.2) is 0 Å². The molecule has 3 unspecified atom stereocenters. The molecular formula is C12H20N2O3S. The molecule has 0 aromatic heterocycles. The number of piperidine rings is 1. The maximum atomic E-state index is 12.3. The summed E-state index contributed by atoms with van der Waals surface area (Å²) in [5.41, 5.74) is 0. The molecule has 2 rings (SSSR count). The Kier molecular flexibility index (Phi) is 4.04. The molecule has 2 heterocycles. The monoisotopic (exact) mass is 272 g/mol. The summed E-state index contributed by atoms with van der Waals surface area (Å²) in [7, 11) is 0. The van der Waals surface area contributed by atoms with E-state index in [1.54, 1.807) is 0 Å². The Morgan fingerprint density at radius 2 is 2.00 bits per heavy atom. The lowest BCUT2D eigenvalue weighted by Crippen LogP contribution is -2.52. The van der Waals surface area contributed by atoms with Gasteiger partial charge in [0, 0.05) is 18.8 Å². The highest BCUT2D eigenvalue weighted by molar-refractivity contribution is 7.99. The van der Waals surface area contributed by atoms with E-state index in [4.69, 9.17) is 5.11 Å². The van der Waals surface area contributed by atoms with Crippen LogP contribution >= 0.6 is 11.8 Å². The van der Waals surface area contributed by atoms with Crippen LogP contribution in [0.4, 0.5) is 4.79 Å². The third-order valence-corrected chi connectivity index (χ3v) is 5.03. The van der Waals surface area contributed by atoms with Crippen molar-refractivity contribution in [2.45, 2.75) is 26.3 Å². The fraction of sp³-hybridized carbons (Fsp3) is 0.833. The Morgan fingerprint density at radius 1 is 1.28 bits per heavy atom. The fourth-order valence-electron chi connectivity index (χ4n) is 2.45. The quantitative estimate of drug-likeness (QED) is 0.786. The number of hydrogen-bond donors (Lipinski definition) is 1. The predicted octanol–water partition coefficient (Wildman–Crippen LogP) is 1.54. The van der Waals surface area contributed by atoms with Gasteiger partial charge in [0.1, 0.15) is 6.04 Å². The average molecular weight is 272 g/mol. The van der Waals surface area contributed by atoms with Gasteiger partial charge in [-0.05, 0) is 18.3 Å². The SMILES string of the molecule is CC1CCN(C(=O)N2CSCC2C(=O)O)CC1C. The van der Waals surface area contributed by atoms with Gasteiger partial charge >= 0.3 is 12.0 Å². The number of urea groups is 1. The van der Waals surface area contributed by atoms with E-state index in [0.29, 0.717) is 23.5 Å². The normalized spacial score (nSPS) is 32.7. The third-order valence-electron chi connectivity index (χ3n) is 4.02. The van der Waals surface area contributed by atoms with Gasteiger partial charge < -0.3 is 14.9 Å². The molecule has 0 aliphatic carbocycles. The van der Waals surface area contributed by atoms with Crippen LogP contribution in [-0.2, 0) is 4.79 Å². The van der Waals surface area contributed by atoms with Crippen molar-refractivity contribution >= 4 is 23.8 Å². The van der Waals surface area contributed by atoms with Crippen molar-refractivity contribution in [3.8, 4) is 0 Å². The predicted molar refractivity (Wildman–Crippen MR) is 70.5 cm³/mol. The molecular weight excluding hydrogens is 252 g/mol. The van der Waals surface area contributed by atoms with Crippen molar-refractivity contribution in [3.05, 3.63) is 0 Å². The summed E-state index contributed by atoms with van der Waals surface area (Å²) in [4.78, 5) is 26.7. The van der Waals surface area contributed by atoms with E-state index in [2.05, 4.69) is 13.8 Å². The van der Waals surface area contributed by atoms with Crippen molar-refractivity contribution in [3.63, 3.8) is 0 Å². The van der Waals surface area contributed by atoms with Gasteiger partial charge in [-0.3, -0.25) is 0 Å². The standard InChI is InChI=1S/C12H20N2O3S/c1-8-3-4-13(5-9(8)2)12(17)14-7-18-6-10(14)11(15)16/h8-10H,3-7H2,1-2H3,(H,15,16). The van der Waals surface area contributed by atoms with Crippen molar-refractivity contribution in [2.24, 2.45) is 11.8 Å². The molecule has 2 amide bonds. The van der Waals surface area contributed by atoms with Gasteiger partial charge in [-0.15, -0.1) is 11.8 Å². The summed E-state index contributed by atoms with van der Waals surface area (Å²) in [6, 6.07) is -0.761. The Hall–Kier alpha value is -0.910. The van der Waals surface area contributed by atoms with E-state index in [1.165, 1.54) is 16.7 Å². The number of carboxylic acids is 1. The molecule has 5 nitrogen and oxygen atoms in total. The van der Waals surface area contributed by atoms with Gasteiger partial charge in [-0.2, -0.15) is 0 Å². The smallest absolute Gasteiger partial charge is 0.327 e. The molecule has 1 N–H and O–H groups in total. The van der Waals surface area contributed by atoms with Crippen molar-refractivity contribution < 1.29 is 14.7 Å². The number of thioether (sulfide) groups is 1. The maximum absolute atomic E-state index is 12.3. The van der Waals surface area contributed by atoms with E-state index in [0.717, 1.165) is 19.5 Å². The summed E-state index contributed by atoms with van der Waals surface area (Å²) in [6.45, 7) is 5.85. The van der Waals surface area contributed by atoms with E-state index in [9.17, 15) is 9.59 Å². The first-order valence-corrected chi connectivity index (χ1v) is 7.52. The first kappa shape index (κ1) is 13.5. The van der Waals surface area contributed by atoms with Crippen LogP contribution in [0.2, 0.25) is 0 Å². The second-order valence-electron chi connectivity index (χ2n) is 5.30. The Balaban J connectivity index is 2.01. The number of rotatable bonds is 1. The summed E-state index contributed by atoms with van der Waals surface area (Å²) >= 11 is 1.51. The Morgan fingerprint density at radius 3 is 2.61 bits per heavy atom. The highest BCUT2D eigenvalue weighted by Gasteiger charge is 2.38. The molecule has 18 heavy (non-hydrogen) atoms. The molecule has 3 atom stereocenters. The highest BCUT2D eigenvalue weighted by Crippen LogP contribution is 2.27. The molecule has 2 aliphatic heterocycles. The topological polar surface area (TPSA) is 60.9 Å². The lowest BCUT2D eigenvalue weighted by atomic mass is 9.89. The number of likely N-dealkylation sites (tertiary alicyclic amines) is 1. The Bertz CT molecular complexity index is 350. The molecule has 2 saturated heterocycles. The number of nitrogens with zero attached hydrogens (tertiary/aromatic N) is 2. The Labute approximate surface area is 112 Å². The van der Waals surface area contributed by atoms with Gasteiger partial charge in [-0.25, -0.2) is 9.59 Å². The van der Waals surface area contributed by atoms with Crippen LogP contribution in [0.3, 0.4) is 0 Å². The van der Waals surface area contributed by atoms with Gasteiger partial charge in [0.2, 0.25) is 0 Å². The number of carbonyl (C=O) groups excluding carboxylic acids is 1. The molecule has 0 spiro atoms. The minimum Gasteiger partial charge on any atom is -0.480 e. The van der Waals surface area contributed by atoms with E-state index >= 15 is 0 Å². The molecule has 0 radical (unpaired) electrons. The molecule has 0 aromatic carbocycles. The molecule has 0 aromatic rings. The molecule has 102 valence electrons. The molecule has 0 saturated carbocycles. The zero-order valence-electron chi connectivity index (χ0n) is 10.8. The number of carboxylic acid groups (broad SMARTS) is 1. The van der Waals surface area contributed by atoms with Gasteiger partial charge in [-0.1, -0.05) is 13.8 Å². The second kappa shape index (κ2) is 5.38. The largest absolute Gasteiger partial charge is 0.480 e. The maximum Gasteiger partial charge on any atom is 0.327 e. The summed E-state index contributed by atoms with van der Waals surface area (Å²) in [5, 5.41) is 9.10. The summed E-state index contributed by atoms with van der Waals surface area (Å²) in [5.74, 6) is 1.22.